The maximum absolute atomic E-state index is 12.7. The Hall–Kier alpha value is -1.64. The molecule has 2 rings (SSSR count). The summed E-state index contributed by atoms with van der Waals surface area (Å²) in [4.78, 5) is 23.0. The standard InChI is InChI=1S/C23H40ClN5O3/c1-18-17-20(24)28-21(27-18)26-13-16-31-15-12-25-11-8-14-29(19-9-6-5-7-10-19)22(30)32-23(2,3)4/h17,19,25H,5-16H2,1-4H3,(H,26,27,28). The Morgan fingerprint density at radius 2 is 1.88 bits per heavy atom. The van der Waals surface area contributed by atoms with E-state index in [0.717, 1.165) is 44.6 Å². The van der Waals surface area contributed by atoms with Gasteiger partial charge in [0.15, 0.2) is 0 Å². The maximum Gasteiger partial charge on any atom is 0.410 e. The van der Waals surface area contributed by atoms with Crippen molar-refractivity contribution in [3.63, 3.8) is 0 Å². The maximum atomic E-state index is 12.7. The van der Waals surface area contributed by atoms with E-state index in [2.05, 4.69) is 20.6 Å². The molecule has 1 saturated carbocycles. The van der Waals surface area contributed by atoms with E-state index in [0.29, 0.717) is 36.9 Å². The molecule has 9 heteroatoms. The fourth-order valence-corrected chi connectivity index (χ4v) is 3.96. The number of rotatable bonds is 12. The quantitative estimate of drug-likeness (QED) is 0.346. The highest BCUT2D eigenvalue weighted by Crippen LogP contribution is 2.24. The minimum atomic E-state index is -0.466. The van der Waals surface area contributed by atoms with E-state index in [1.54, 1.807) is 6.07 Å². The number of aryl methyl sites for hydroxylation is 1. The summed E-state index contributed by atoms with van der Waals surface area (Å²) in [5.74, 6) is 0.518. The molecule has 182 valence electrons. The van der Waals surface area contributed by atoms with Crippen molar-refractivity contribution in [1.29, 1.82) is 0 Å². The zero-order valence-electron chi connectivity index (χ0n) is 20.1. The predicted octanol–water partition coefficient (Wildman–Crippen LogP) is 4.42. The average Bonchev–Trinajstić information content (AvgIpc) is 2.70. The first-order valence-corrected chi connectivity index (χ1v) is 12.2. The fraction of sp³-hybridized carbons (Fsp3) is 0.783. The highest BCUT2D eigenvalue weighted by atomic mass is 35.5. The van der Waals surface area contributed by atoms with Crippen molar-refractivity contribution >= 4 is 23.6 Å². The molecule has 8 nitrogen and oxygen atoms in total. The smallest absolute Gasteiger partial charge is 0.410 e. The van der Waals surface area contributed by atoms with E-state index in [-0.39, 0.29) is 6.09 Å². The molecule has 0 bridgehead atoms. The number of halogens is 1. The van der Waals surface area contributed by atoms with Crippen LogP contribution >= 0.6 is 11.6 Å². The van der Waals surface area contributed by atoms with Crippen molar-refractivity contribution in [3.05, 3.63) is 16.9 Å². The normalized spacial score (nSPS) is 14.9. The number of hydrogen-bond acceptors (Lipinski definition) is 7. The summed E-state index contributed by atoms with van der Waals surface area (Å²) >= 11 is 5.92. The lowest BCUT2D eigenvalue weighted by atomic mass is 9.94. The SMILES string of the molecule is Cc1cc(Cl)nc(NCCOCCNCCCN(C(=O)OC(C)(C)C)C2CCCCC2)n1. The molecule has 0 saturated heterocycles. The van der Waals surface area contributed by atoms with Gasteiger partial charge in [0.05, 0.1) is 13.2 Å². The van der Waals surface area contributed by atoms with Gasteiger partial charge in [0, 0.05) is 31.4 Å². The summed E-state index contributed by atoms with van der Waals surface area (Å²) in [7, 11) is 0. The van der Waals surface area contributed by atoms with Crippen LogP contribution in [0.15, 0.2) is 6.07 Å². The van der Waals surface area contributed by atoms with E-state index in [1.165, 1.54) is 19.3 Å². The summed E-state index contributed by atoms with van der Waals surface area (Å²) in [5.41, 5.74) is 0.359. The van der Waals surface area contributed by atoms with Gasteiger partial charge >= 0.3 is 6.09 Å². The summed E-state index contributed by atoms with van der Waals surface area (Å²) in [6, 6.07) is 2.03. The van der Waals surface area contributed by atoms with Crippen molar-refractivity contribution < 1.29 is 14.3 Å². The highest BCUT2D eigenvalue weighted by Gasteiger charge is 2.28. The predicted molar refractivity (Wildman–Crippen MR) is 128 cm³/mol. The van der Waals surface area contributed by atoms with Crippen LogP contribution in [-0.2, 0) is 9.47 Å². The van der Waals surface area contributed by atoms with E-state index >= 15 is 0 Å². The molecule has 1 aliphatic carbocycles. The third-order valence-corrected chi connectivity index (χ3v) is 5.37. The number of nitrogens with one attached hydrogen (secondary N) is 2. The second-order valence-electron chi connectivity index (χ2n) is 9.26. The Labute approximate surface area is 197 Å². The molecular weight excluding hydrogens is 430 g/mol. The zero-order valence-corrected chi connectivity index (χ0v) is 20.8. The molecule has 0 aromatic carbocycles. The van der Waals surface area contributed by atoms with E-state index < -0.39 is 5.60 Å². The number of amides is 1. The third kappa shape index (κ3) is 10.8. The molecule has 0 aliphatic heterocycles. The lowest BCUT2D eigenvalue weighted by molar-refractivity contribution is 0.0119. The molecule has 32 heavy (non-hydrogen) atoms. The summed E-state index contributed by atoms with van der Waals surface area (Å²) in [6.07, 6.45) is 6.51. The minimum Gasteiger partial charge on any atom is -0.444 e. The zero-order chi connectivity index (χ0) is 23.4. The monoisotopic (exact) mass is 469 g/mol. The molecule has 0 unspecified atom stereocenters. The van der Waals surface area contributed by atoms with Gasteiger partial charge in [0.25, 0.3) is 0 Å². The Morgan fingerprint density at radius 3 is 2.56 bits per heavy atom. The minimum absolute atomic E-state index is 0.181. The molecule has 1 aliphatic rings. The van der Waals surface area contributed by atoms with Gasteiger partial charge in [-0.25, -0.2) is 14.8 Å². The lowest BCUT2D eigenvalue weighted by Crippen LogP contribution is -2.45. The van der Waals surface area contributed by atoms with Gasteiger partial charge in [-0.1, -0.05) is 30.9 Å². The van der Waals surface area contributed by atoms with Gasteiger partial charge in [0.2, 0.25) is 5.95 Å². The molecule has 1 aromatic rings. The van der Waals surface area contributed by atoms with E-state index in [4.69, 9.17) is 21.1 Å². The summed E-state index contributed by atoms with van der Waals surface area (Å²) < 4.78 is 11.3. The molecule has 2 N–H and O–H groups in total. The van der Waals surface area contributed by atoms with Gasteiger partial charge in [0.1, 0.15) is 10.8 Å². The average molecular weight is 470 g/mol. The number of nitrogens with zero attached hydrogens (tertiary/aromatic N) is 3. The largest absolute Gasteiger partial charge is 0.444 e. The van der Waals surface area contributed by atoms with Gasteiger partial charge < -0.3 is 25.0 Å². The van der Waals surface area contributed by atoms with Gasteiger partial charge in [-0.2, -0.15) is 0 Å². The van der Waals surface area contributed by atoms with Crippen LogP contribution in [0.5, 0.6) is 0 Å². The molecule has 1 amide bonds. The topological polar surface area (TPSA) is 88.6 Å². The molecule has 1 fully saturated rings. The number of ether oxygens (including phenoxy) is 2. The van der Waals surface area contributed by atoms with E-state index in [9.17, 15) is 4.79 Å². The van der Waals surface area contributed by atoms with Crippen LogP contribution in [0, 0.1) is 6.92 Å². The highest BCUT2D eigenvalue weighted by molar-refractivity contribution is 6.29. The van der Waals surface area contributed by atoms with Gasteiger partial charge in [-0.15, -0.1) is 0 Å². The molecule has 0 atom stereocenters. The van der Waals surface area contributed by atoms with Crippen molar-refractivity contribution in [2.45, 2.75) is 77.9 Å². The Morgan fingerprint density at radius 1 is 1.16 bits per heavy atom. The third-order valence-electron chi connectivity index (χ3n) is 5.17. The number of carbonyl (C=O) groups is 1. The van der Waals surface area contributed by atoms with Crippen LogP contribution in [0.25, 0.3) is 0 Å². The van der Waals surface area contributed by atoms with Crippen LogP contribution in [0.3, 0.4) is 0 Å². The van der Waals surface area contributed by atoms with Gasteiger partial charge in [-0.3, -0.25) is 0 Å². The second kappa shape index (κ2) is 13.8. The number of carbonyl (C=O) groups excluding carboxylic acids is 1. The first kappa shape index (κ1) is 26.6. The molecule has 0 spiro atoms. The summed E-state index contributed by atoms with van der Waals surface area (Å²) in [5, 5.41) is 6.92. The van der Waals surface area contributed by atoms with E-state index in [1.807, 2.05) is 32.6 Å². The van der Waals surface area contributed by atoms with Crippen molar-refractivity contribution in [2.24, 2.45) is 0 Å². The van der Waals surface area contributed by atoms with Crippen LogP contribution in [0.1, 0.15) is 65.0 Å². The van der Waals surface area contributed by atoms with Crippen molar-refractivity contribution in [1.82, 2.24) is 20.2 Å². The Balaban J connectivity index is 1.57. The Kier molecular flexibility index (Phi) is 11.5. The van der Waals surface area contributed by atoms with Crippen LogP contribution < -0.4 is 10.6 Å². The van der Waals surface area contributed by atoms with Gasteiger partial charge in [-0.05, 0) is 59.6 Å². The second-order valence-corrected chi connectivity index (χ2v) is 9.65. The molecule has 1 heterocycles. The molecule has 0 radical (unpaired) electrons. The Bertz CT molecular complexity index is 672. The van der Waals surface area contributed by atoms with Crippen LogP contribution in [0.2, 0.25) is 5.15 Å². The number of aromatic nitrogens is 2. The first-order chi connectivity index (χ1) is 15.2. The van der Waals surface area contributed by atoms with Crippen LogP contribution in [0.4, 0.5) is 10.7 Å². The summed E-state index contributed by atoms with van der Waals surface area (Å²) in [6.45, 7) is 11.8. The fourth-order valence-electron chi connectivity index (χ4n) is 3.73. The van der Waals surface area contributed by atoms with Crippen molar-refractivity contribution in [2.75, 3.05) is 44.7 Å². The lowest BCUT2D eigenvalue weighted by Gasteiger charge is -2.35. The van der Waals surface area contributed by atoms with Crippen LogP contribution in [-0.4, -0.2) is 72.0 Å². The number of hydrogen-bond donors (Lipinski definition) is 2. The molecular formula is C23H40ClN5O3. The first-order valence-electron chi connectivity index (χ1n) is 11.8. The van der Waals surface area contributed by atoms with Crippen molar-refractivity contribution in [3.8, 4) is 0 Å². The molecule has 1 aromatic heterocycles. The number of anilines is 1.